The summed E-state index contributed by atoms with van der Waals surface area (Å²) in [5.74, 6) is 1.70. The SMILES string of the molecule is Cc1ccc(C(=O)NCc2nc3ccccc3n2CCCCOc2ccccc2)c(C)c1. The van der Waals surface area contributed by atoms with E-state index in [9.17, 15) is 4.79 Å². The number of carbonyl (C=O) groups is 1. The van der Waals surface area contributed by atoms with Gasteiger partial charge in [-0.05, 0) is 62.6 Å². The van der Waals surface area contributed by atoms with E-state index in [1.54, 1.807) is 0 Å². The van der Waals surface area contributed by atoms with Crippen LogP contribution in [0.15, 0.2) is 72.8 Å². The van der Waals surface area contributed by atoms with E-state index in [-0.39, 0.29) is 5.91 Å². The summed E-state index contributed by atoms with van der Waals surface area (Å²) in [6.45, 7) is 5.89. The van der Waals surface area contributed by atoms with Gasteiger partial charge in [-0.1, -0.05) is 48.0 Å². The number of nitrogens with one attached hydrogen (secondary N) is 1. The zero-order chi connectivity index (χ0) is 22.3. The average molecular weight is 428 g/mol. The highest BCUT2D eigenvalue weighted by Crippen LogP contribution is 2.18. The van der Waals surface area contributed by atoms with Crippen molar-refractivity contribution in [1.82, 2.24) is 14.9 Å². The third kappa shape index (κ3) is 5.17. The monoisotopic (exact) mass is 427 g/mol. The van der Waals surface area contributed by atoms with Crippen molar-refractivity contribution in [3.05, 3.63) is 95.3 Å². The summed E-state index contributed by atoms with van der Waals surface area (Å²) in [5, 5.41) is 3.05. The predicted octanol–water partition coefficient (Wildman–Crippen LogP) is 5.44. The average Bonchev–Trinajstić information content (AvgIpc) is 3.15. The minimum absolute atomic E-state index is 0.0719. The van der Waals surface area contributed by atoms with Crippen molar-refractivity contribution in [3.63, 3.8) is 0 Å². The molecule has 0 fully saturated rings. The number of aromatic nitrogens is 2. The zero-order valence-electron chi connectivity index (χ0n) is 18.7. The second-order valence-electron chi connectivity index (χ2n) is 8.04. The van der Waals surface area contributed by atoms with Crippen molar-refractivity contribution < 1.29 is 9.53 Å². The van der Waals surface area contributed by atoms with Crippen LogP contribution < -0.4 is 10.1 Å². The Bertz CT molecular complexity index is 1200. The highest BCUT2D eigenvalue weighted by atomic mass is 16.5. The fourth-order valence-electron chi connectivity index (χ4n) is 3.91. The van der Waals surface area contributed by atoms with Crippen molar-refractivity contribution >= 4 is 16.9 Å². The molecule has 32 heavy (non-hydrogen) atoms. The third-order valence-corrected chi connectivity index (χ3v) is 5.56. The van der Waals surface area contributed by atoms with Gasteiger partial charge in [0.25, 0.3) is 5.91 Å². The van der Waals surface area contributed by atoms with Gasteiger partial charge < -0.3 is 14.6 Å². The van der Waals surface area contributed by atoms with Crippen LogP contribution in [0.5, 0.6) is 5.75 Å². The third-order valence-electron chi connectivity index (χ3n) is 5.56. The summed E-state index contributed by atoms with van der Waals surface area (Å²) in [7, 11) is 0. The lowest BCUT2D eigenvalue weighted by Gasteiger charge is -2.12. The van der Waals surface area contributed by atoms with Gasteiger partial charge in [0, 0.05) is 12.1 Å². The molecule has 4 rings (SSSR count). The van der Waals surface area contributed by atoms with Gasteiger partial charge in [0.05, 0.1) is 24.2 Å². The van der Waals surface area contributed by atoms with Crippen molar-refractivity contribution in [1.29, 1.82) is 0 Å². The molecule has 4 aromatic rings. The van der Waals surface area contributed by atoms with Gasteiger partial charge in [0.1, 0.15) is 11.6 Å². The number of rotatable bonds is 9. The highest BCUT2D eigenvalue weighted by molar-refractivity contribution is 5.95. The minimum atomic E-state index is -0.0719. The second-order valence-corrected chi connectivity index (χ2v) is 8.04. The molecule has 0 spiro atoms. The first-order valence-electron chi connectivity index (χ1n) is 11.1. The van der Waals surface area contributed by atoms with Gasteiger partial charge in [-0.15, -0.1) is 0 Å². The van der Waals surface area contributed by atoms with Gasteiger partial charge in [-0.25, -0.2) is 4.98 Å². The van der Waals surface area contributed by atoms with E-state index in [2.05, 4.69) is 16.0 Å². The maximum Gasteiger partial charge on any atom is 0.251 e. The molecule has 0 atom stereocenters. The first-order chi connectivity index (χ1) is 15.6. The minimum Gasteiger partial charge on any atom is -0.494 e. The molecule has 164 valence electrons. The molecule has 0 aliphatic heterocycles. The fraction of sp³-hybridized carbons (Fsp3) is 0.259. The first kappa shape index (κ1) is 21.6. The lowest BCUT2D eigenvalue weighted by molar-refractivity contribution is 0.0949. The molecule has 1 heterocycles. The zero-order valence-corrected chi connectivity index (χ0v) is 18.7. The molecule has 1 amide bonds. The standard InChI is InChI=1S/C27H29N3O2/c1-20-14-15-23(21(2)18-20)27(31)28-19-26-29-24-12-6-7-13-25(24)30(26)16-8-9-17-32-22-10-4-3-5-11-22/h3-7,10-15,18H,8-9,16-17,19H2,1-2H3,(H,28,31). The van der Waals surface area contributed by atoms with E-state index in [1.807, 2.05) is 80.6 Å². The normalized spacial score (nSPS) is 10.9. The van der Waals surface area contributed by atoms with Gasteiger partial charge in [0.2, 0.25) is 0 Å². The summed E-state index contributed by atoms with van der Waals surface area (Å²) < 4.78 is 8.02. The molecule has 0 unspecified atom stereocenters. The molecule has 0 saturated heterocycles. The van der Waals surface area contributed by atoms with Crippen LogP contribution in [0.3, 0.4) is 0 Å². The second kappa shape index (κ2) is 10.1. The molecule has 0 radical (unpaired) electrons. The molecule has 0 aliphatic rings. The Morgan fingerprint density at radius 3 is 2.56 bits per heavy atom. The number of aryl methyl sites for hydroxylation is 3. The van der Waals surface area contributed by atoms with E-state index in [0.717, 1.165) is 53.1 Å². The van der Waals surface area contributed by atoms with E-state index < -0.39 is 0 Å². The lowest BCUT2D eigenvalue weighted by Crippen LogP contribution is -2.25. The van der Waals surface area contributed by atoms with Gasteiger partial charge in [0.15, 0.2) is 0 Å². The Morgan fingerprint density at radius 2 is 1.75 bits per heavy atom. The highest BCUT2D eigenvalue weighted by Gasteiger charge is 2.13. The maximum absolute atomic E-state index is 12.7. The van der Waals surface area contributed by atoms with Crippen molar-refractivity contribution in [2.45, 2.75) is 39.8 Å². The summed E-state index contributed by atoms with van der Waals surface area (Å²) in [6.07, 6.45) is 1.90. The van der Waals surface area contributed by atoms with Crippen molar-refractivity contribution in [2.75, 3.05) is 6.61 Å². The van der Waals surface area contributed by atoms with Crippen LogP contribution in [0.1, 0.15) is 40.2 Å². The number of unbranched alkanes of at least 4 members (excludes halogenated alkanes) is 1. The molecule has 1 aromatic heterocycles. The molecule has 3 aromatic carbocycles. The molecule has 0 aliphatic carbocycles. The molecule has 0 saturated carbocycles. The Labute approximate surface area is 189 Å². The topological polar surface area (TPSA) is 56.2 Å². The fourth-order valence-corrected chi connectivity index (χ4v) is 3.91. The van der Waals surface area contributed by atoms with Crippen LogP contribution in [0.4, 0.5) is 0 Å². The number of carbonyl (C=O) groups excluding carboxylic acids is 1. The number of amides is 1. The lowest BCUT2D eigenvalue weighted by atomic mass is 10.1. The predicted molar refractivity (Wildman–Crippen MR) is 128 cm³/mol. The Balaban J connectivity index is 1.40. The number of hydrogen-bond acceptors (Lipinski definition) is 3. The first-order valence-corrected chi connectivity index (χ1v) is 11.1. The molecule has 0 bridgehead atoms. The number of ether oxygens (including phenoxy) is 1. The summed E-state index contributed by atoms with van der Waals surface area (Å²) in [6, 6.07) is 23.9. The van der Waals surface area contributed by atoms with E-state index in [4.69, 9.17) is 9.72 Å². The van der Waals surface area contributed by atoms with Crippen LogP contribution in [-0.4, -0.2) is 22.1 Å². The van der Waals surface area contributed by atoms with Crippen LogP contribution in [0.2, 0.25) is 0 Å². The van der Waals surface area contributed by atoms with E-state index in [1.165, 1.54) is 0 Å². The summed E-state index contributed by atoms with van der Waals surface area (Å²) in [4.78, 5) is 17.5. The Hall–Kier alpha value is -3.60. The number of benzene rings is 3. The summed E-state index contributed by atoms with van der Waals surface area (Å²) in [5.41, 5.74) is 4.87. The van der Waals surface area contributed by atoms with Crippen molar-refractivity contribution in [3.8, 4) is 5.75 Å². The molecule has 1 N–H and O–H groups in total. The van der Waals surface area contributed by atoms with Crippen LogP contribution in [-0.2, 0) is 13.1 Å². The maximum atomic E-state index is 12.7. The molecule has 5 heteroatoms. The van der Waals surface area contributed by atoms with Crippen LogP contribution in [0, 0.1) is 13.8 Å². The quantitative estimate of drug-likeness (QED) is 0.362. The van der Waals surface area contributed by atoms with Gasteiger partial charge in [-0.3, -0.25) is 4.79 Å². The smallest absolute Gasteiger partial charge is 0.251 e. The number of fused-ring (bicyclic) bond motifs is 1. The van der Waals surface area contributed by atoms with E-state index >= 15 is 0 Å². The number of para-hydroxylation sites is 3. The Kier molecular flexibility index (Phi) is 6.85. The van der Waals surface area contributed by atoms with Crippen molar-refractivity contribution in [2.24, 2.45) is 0 Å². The largest absolute Gasteiger partial charge is 0.494 e. The van der Waals surface area contributed by atoms with E-state index in [0.29, 0.717) is 18.7 Å². The van der Waals surface area contributed by atoms with Gasteiger partial charge >= 0.3 is 0 Å². The Morgan fingerprint density at radius 1 is 0.969 bits per heavy atom. The molecule has 5 nitrogen and oxygen atoms in total. The molecular weight excluding hydrogens is 398 g/mol. The summed E-state index contributed by atoms with van der Waals surface area (Å²) >= 11 is 0. The van der Waals surface area contributed by atoms with Gasteiger partial charge in [-0.2, -0.15) is 0 Å². The van der Waals surface area contributed by atoms with Crippen LogP contribution >= 0.6 is 0 Å². The number of nitrogens with zero attached hydrogens (tertiary/aromatic N) is 2. The number of imidazole rings is 1. The molecular formula is C27H29N3O2. The van der Waals surface area contributed by atoms with Crippen LogP contribution in [0.25, 0.3) is 11.0 Å². The number of hydrogen-bond donors (Lipinski definition) is 1.